The molecule has 25 heavy (non-hydrogen) atoms. The summed E-state index contributed by atoms with van der Waals surface area (Å²) < 4.78 is 10.5. The lowest BCUT2D eigenvalue weighted by atomic mass is 10.1. The molecule has 3 aromatic rings. The number of esters is 1. The number of para-hydroxylation sites is 2. The molecule has 0 saturated heterocycles. The summed E-state index contributed by atoms with van der Waals surface area (Å²) in [5.41, 5.74) is 3.14. The Morgan fingerprint density at radius 3 is 2.48 bits per heavy atom. The highest BCUT2D eigenvalue weighted by molar-refractivity contribution is 6.10. The Morgan fingerprint density at radius 2 is 1.68 bits per heavy atom. The molecule has 0 amide bonds. The Balaban J connectivity index is 1.59. The maximum absolute atomic E-state index is 12.4. The monoisotopic (exact) mass is 337 g/mol. The number of hydrogen-bond donors (Lipinski definition) is 1. The number of Topliss-reactive ketones (excluding diaryl/α,β-unsaturated/α-hetero) is 1. The number of ether oxygens (including phenoxy) is 2. The normalized spacial score (nSPS) is 10.6. The number of aromatic amines is 1. The quantitative estimate of drug-likeness (QED) is 0.551. The molecule has 0 aliphatic rings. The summed E-state index contributed by atoms with van der Waals surface area (Å²) in [4.78, 5) is 27.4. The van der Waals surface area contributed by atoms with E-state index in [1.807, 2.05) is 56.3 Å². The van der Waals surface area contributed by atoms with Crippen LogP contribution in [0.5, 0.6) is 5.75 Å². The molecule has 3 rings (SSSR count). The SMILES string of the molecule is Cc1ccccc1OCC(=O)OCC(=O)c1c(C)[nH]c2ccccc12. The minimum atomic E-state index is -0.575. The van der Waals surface area contributed by atoms with Crippen molar-refractivity contribution in [1.82, 2.24) is 4.98 Å². The van der Waals surface area contributed by atoms with Crippen LogP contribution in [0.3, 0.4) is 0 Å². The molecule has 0 radical (unpaired) electrons. The topological polar surface area (TPSA) is 68.4 Å². The molecule has 0 aliphatic heterocycles. The number of aryl methyl sites for hydroxylation is 2. The van der Waals surface area contributed by atoms with Crippen molar-refractivity contribution in [3.05, 3.63) is 65.4 Å². The number of nitrogens with one attached hydrogen (secondary N) is 1. The molecule has 1 heterocycles. The molecule has 2 aromatic carbocycles. The number of hydrogen-bond acceptors (Lipinski definition) is 4. The van der Waals surface area contributed by atoms with Gasteiger partial charge in [0.25, 0.3) is 0 Å². The summed E-state index contributed by atoms with van der Waals surface area (Å²) in [6.45, 7) is 3.18. The van der Waals surface area contributed by atoms with Gasteiger partial charge in [0, 0.05) is 22.2 Å². The van der Waals surface area contributed by atoms with Crippen molar-refractivity contribution in [2.45, 2.75) is 13.8 Å². The van der Waals surface area contributed by atoms with Crippen molar-refractivity contribution in [1.29, 1.82) is 0 Å². The van der Waals surface area contributed by atoms with E-state index in [1.165, 1.54) is 0 Å². The predicted molar refractivity (Wildman–Crippen MR) is 95.0 cm³/mol. The number of fused-ring (bicyclic) bond motifs is 1. The zero-order chi connectivity index (χ0) is 17.8. The molecule has 0 aliphatic carbocycles. The van der Waals surface area contributed by atoms with Crippen molar-refractivity contribution >= 4 is 22.7 Å². The number of carbonyl (C=O) groups excluding carboxylic acids is 2. The van der Waals surface area contributed by atoms with E-state index in [4.69, 9.17) is 9.47 Å². The Kier molecular flexibility index (Phi) is 4.84. The van der Waals surface area contributed by atoms with Gasteiger partial charge in [-0.1, -0.05) is 36.4 Å². The van der Waals surface area contributed by atoms with Crippen LogP contribution in [-0.2, 0) is 9.53 Å². The Bertz CT molecular complexity index is 926. The van der Waals surface area contributed by atoms with Gasteiger partial charge >= 0.3 is 5.97 Å². The van der Waals surface area contributed by atoms with Gasteiger partial charge in [-0.25, -0.2) is 4.79 Å². The molecule has 128 valence electrons. The third-order valence-electron chi connectivity index (χ3n) is 3.98. The first-order valence-electron chi connectivity index (χ1n) is 8.01. The number of ketones is 1. The molecule has 0 fully saturated rings. The number of rotatable bonds is 6. The van der Waals surface area contributed by atoms with Gasteiger partial charge < -0.3 is 14.5 Å². The van der Waals surface area contributed by atoms with E-state index in [9.17, 15) is 9.59 Å². The fourth-order valence-electron chi connectivity index (χ4n) is 2.75. The van der Waals surface area contributed by atoms with Crippen LogP contribution in [0.25, 0.3) is 10.9 Å². The molecule has 0 atom stereocenters. The van der Waals surface area contributed by atoms with Gasteiger partial charge in [-0.15, -0.1) is 0 Å². The zero-order valence-corrected chi connectivity index (χ0v) is 14.2. The van der Waals surface area contributed by atoms with Crippen LogP contribution in [0.2, 0.25) is 0 Å². The van der Waals surface area contributed by atoms with Crippen molar-refractivity contribution in [2.24, 2.45) is 0 Å². The average Bonchev–Trinajstić information content (AvgIpc) is 2.94. The van der Waals surface area contributed by atoms with Crippen LogP contribution in [0.1, 0.15) is 21.6 Å². The van der Waals surface area contributed by atoms with Gasteiger partial charge in [-0.05, 0) is 31.5 Å². The van der Waals surface area contributed by atoms with Crippen molar-refractivity contribution in [3.8, 4) is 5.75 Å². The molecule has 0 unspecified atom stereocenters. The summed E-state index contributed by atoms with van der Waals surface area (Å²) in [5, 5.41) is 0.831. The zero-order valence-electron chi connectivity index (χ0n) is 14.2. The van der Waals surface area contributed by atoms with E-state index < -0.39 is 5.97 Å². The fraction of sp³-hybridized carbons (Fsp3) is 0.200. The van der Waals surface area contributed by atoms with Gasteiger partial charge in [0.1, 0.15) is 5.75 Å². The van der Waals surface area contributed by atoms with Gasteiger partial charge in [0.15, 0.2) is 13.2 Å². The molecule has 5 heteroatoms. The van der Waals surface area contributed by atoms with Gasteiger partial charge in [-0.2, -0.15) is 0 Å². The average molecular weight is 337 g/mol. The van der Waals surface area contributed by atoms with Crippen LogP contribution in [0, 0.1) is 13.8 Å². The van der Waals surface area contributed by atoms with E-state index >= 15 is 0 Å². The molecular formula is C20H19NO4. The lowest BCUT2D eigenvalue weighted by Crippen LogP contribution is -2.20. The molecule has 5 nitrogen and oxygen atoms in total. The Labute approximate surface area is 145 Å². The second kappa shape index (κ2) is 7.21. The highest BCUT2D eigenvalue weighted by Gasteiger charge is 2.17. The number of aromatic nitrogens is 1. The van der Waals surface area contributed by atoms with Crippen molar-refractivity contribution < 1.29 is 19.1 Å². The second-order valence-electron chi connectivity index (χ2n) is 5.81. The van der Waals surface area contributed by atoms with E-state index in [0.717, 1.165) is 22.2 Å². The van der Waals surface area contributed by atoms with Crippen LogP contribution < -0.4 is 4.74 Å². The molecule has 0 spiro atoms. The highest BCUT2D eigenvalue weighted by atomic mass is 16.6. The minimum Gasteiger partial charge on any atom is -0.482 e. The van der Waals surface area contributed by atoms with Crippen LogP contribution in [-0.4, -0.2) is 30.0 Å². The van der Waals surface area contributed by atoms with Gasteiger partial charge in [0.05, 0.1) is 0 Å². The first kappa shape index (κ1) is 16.8. The van der Waals surface area contributed by atoms with Crippen molar-refractivity contribution in [3.63, 3.8) is 0 Å². The molecule has 1 N–H and O–H groups in total. The summed E-state index contributed by atoms with van der Waals surface area (Å²) in [6.07, 6.45) is 0. The largest absolute Gasteiger partial charge is 0.482 e. The van der Waals surface area contributed by atoms with Crippen LogP contribution >= 0.6 is 0 Å². The van der Waals surface area contributed by atoms with E-state index in [0.29, 0.717) is 11.3 Å². The maximum atomic E-state index is 12.4. The van der Waals surface area contributed by atoms with E-state index in [2.05, 4.69) is 4.98 Å². The Morgan fingerprint density at radius 1 is 0.960 bits per heavy atom. The first-order chi connectivity index (χ1) is 12.1. The Hall–Kier alpha value is -3.08. The fourth-order valence-corrected chi connectivity index (χ4v) is 2.75. The van der Waals surface area contributed by atoms with E-state index in [-0.39, 0.29) is 19.0 Å². The van der Waals surface area contributed by atoms with E-state index in [1.54, 1.807) is 6.07 Å². The van der Waals surface area contributed by atoms with Crippen LogP contribution in [0.4, 0.5) is 0 Å². The third kappa shape index (κ3) is 3.71. The summed E-state index contributed by atoms with van der Waals surface area (Å²) in [7, 11) is 0. The lowest BCUT2D eigenvalue weighted by molar-refractivity contribution is -0.144. The second-order valence-corrected chi connectivity index (χ2v) is 5.81. The number of benzene rings is 2. The molecule has 0 bridgehead atoms. The summed E-state index contributed by atoms with van der Waals surface area (Å²) in [6, 6.07) is 14.9. The van der Waals surface area contributed by atoms with Gasteiger partial charge in [0.2, 0.25) is 5.78 Å². The lowest BCUT2D eigenvalue weighted by Gasteiger charge is -2.08. The minimum absolute atomic E-state index is 0.231. The molecule has 0 saturated carbocycles. The molecular weight excluding hydrogens is 318 g/mol. The smallest absolute Gasteiger partial charge is 0.344 e. The van der Waals surface area contributed by atoms with Gasteiger partial charge in [-0.3, -0.25) is 4.79 Å². The predicted octanol–water partition coefficient (Wildman–Crippen LogP) is 3.59. The third-order valence-corrected chi connectivity index (χ3v) is 3.98. The summed E-state index contributed by atoms with van der Waals surface area (Å²) in [5.74, 6) is -0.188. The number of carbonyl (C=O) groups is 2. The van der Waals surface area contributed by atoms with Crippen molar-refractivity contribution in [2.75, 3.05) is 13.2 Å². The molecule has 1 aromatic heterocycles. The first-order valence-corrected chi connectivity index (χ1v) is 8.01. The highest BCUT2D eigenvalue weighted by Crippen LogP contribution is 2.22. The maximum Gasteiger partial charge on any atom is 0.344 e. The van der Waals surface area contributed by atoms with Crippen LogP contribution in [0.15, 0.2) is 48.5 Å². The standard InChI is InChI=1S/C20H19NO4/c1-13-7-3-6-10-18(13)24-12-19(23)25-11-17(22)20-14(2)21-16-9-5-4-8-15(16)20/h3-10,21H,11-12H2,1-2H3. The summed E-state index contributed by atoms with van der Waals surface area (Å²) >= 11 is 0. The number of H-pyrrole nitrogens is 1.